The van der Waals surface area contributed by atoms with Crippen molar-refractivity contribution in [2.24, 2.45) is 11.8 Å². The molecule has 2 aromatic carbocycles. The Morgan fingerprint density at radius 1 is 0.966 bits per heavy atom. The molecule has 0 radical (unpaired) electrons. The second-order valence-electron chi connectivity index (χ2n) is 6.96. The lowest BCUT2D eigenvalue weighted by atomic mass is 10.2. The number of carbonyl (C=O) groups is 3. The number of ether oxygens (including phenoxy) is 2. The number of amides is 2. The Kier molecular flexibility index (Phi) is 6.49. The lowest BCUT2D eigenvalue weighted by Crippen LogP contribution is -2.21. The van der Waals surface area contributed by atoms with Gasteiger partial charge >= 0.3 is 5.97 Å². The fourth-order valence-corrected chi connectivity index (χ4v) is 2.80. The van der Waals surface area contributed by atoms with E-state index in [9.17, 15) is 14.4 Å². The van der Waals surface area contributed by atoms with Crippen molar-refractivity contribution in [1.82, 2.24) is 0 Å². The van der Waals surface area contributed by atoms with Crippen LogP contribution in [-0.4, -0.2) is 31.0 Å². The van der Waals surface area contributed by atoms with Crippen LogP contribution >= 0.6 is 0 Å². The average molecular weight is 396 g/mol. The third kappa shape index (κ3) is 5.81. The van der Waals surface area contributed by atoms with E-state index in [2.05, 4.69) is 10.6 Å². The van der Waals surface area contributed by atoms with Crippen LogP contribution in [0.4, 0.5) is 11.4 Å². The van der Waals surface area contributed by atoms with Gasteiger partial charge in [-0.1, -0.05) is 6.92 Å². The predicted octanol–water partition coefficient (Wildman–Crippen LogP) is 3.48. The maximum Gasteiger partial charge on any atom is 0.309 e. The van der Waals surface area contributed by atoms with Gasteiger partial charge in [-0.2, -0.15) is 0 Å². The molecule has 0 heterocycles. The minimum absolute atomic E-state index is 0.0732. The Morgan fingerprint density at radius 2 is 1.55 bits per heavy atom. The quantitative estimate of drug-likeness (QED) is 0.667. The Morgan fingerprint density at radius 3 is 2.14 bits per heavy atom. The smallest absolute Gasteiger partial charge is 0.309 e. The third-order valence-corrected chi connectivity index (χ3v) is 4.61. The summed E-state index contributed by atoms with van der Waals surface area (Å²) in [5, 5.41) is 5.44. The molecule has 0 saturated heterocycles. The number of hydrogen-bond donors (Lipinski definition) is 2. The number of nitrogens with one attached hydrogen (secondary N) is 2. The highest BCUT2D eigenvalue weighted by Crippen LogP contribution is 2.38. The number of esters is 1. The Hall–Kier alpha value is -3.35. The van der Waals surface area contributed by atoms with Crippen LogP contribution in [0.5, 0.6) is 5.75 Å². The molecule has 0 spiro atoms. The highest BCUT2D eigenvalue weighted by molar-refractivity contribution is 6.04. The molecule has 3 rings (SSSR count). The van der Waals surface area contributed by atoms with Crippen molar-refractivity contribution in [3.63, 3.8) is 0 Å². The molecular weight excluding hydrogens is 372 g/mol. The van der Waals surface area contributed by atoms with E-state index in [0.717, 1.165) is 12.2 Å². The summed E-state index contributed by atoms with van der Waals surface area (Å²) >= 11 is 0. The van der Waals surface area contributed by atoms with Crippen molar-refractivity contribution in [2.45, 2.75) is 20.3 Å². The van der Waals surface area contributed by atoms with Crippen LogP contribution in [0.1, 0.15) is 30.6 Å². The standard InChI is InChI=1S/C22H24N2O5/c1-3-28-18-10-8-17(9-11-18)24-21(26)15-4-6-16(7-5-15)23-20(25)13-29-22(27)19-12-14(19)2/h4-11,14,19H,3,12-13H2,1-2H3,(H,23,25)(H,24,26)/t14-,19-/m1/s1. The number of benzene rings is 2. The van der Waals surface area contributed by atoms with Gasteiger partial charge in [0.05, 0.1) is 12.5 Å². The first-order valence-electron chi connectivity index (χ1n) is 9.57. The lowest BCUT2D eigenvalue weighted by Gasteiger charge is -2.09. The van der Waals surface area contributed by atoms with Gasteiger partial charge in [0.1, 0.15) is 5.75 Å². The molecule has 2 amide bonds. The van der Waals surface area contributed by atoms with Crippen LogP contribution in [0.3, 0.4) is 0 Å². The van der Waals surface area contributed by atoms with E-state index in [1.54, 1.807) is 48.5 Å². The van der Waals surface area contributed by atoms with Crippen molar-refractivity contribution >= 4 is 29.2 Å². The molecule has 2 N–H and O–H groups in total. The van der Waals surface area contributed by atoms with Gasteiger partial charge in [0.15, 0.2) is 6.61 Å². The van der Waals surface area contributed by atoms with E-state index in [1.165, 1.54) is 0 Å². The summed E-state index contributed by atoms with van der Waals surface area (Å²) in [6.07, 6.45) is 0.820. The topological polar surface area (TPSA) is 93.7 Å². The van der Waals surface area contributed by atoms with Crippen LogP contribution in [0, 0.1) is 11.8 Å². The molecule has 29 heavy (non-hydrogen) atoms. The minimum atomic E-state index is -0.418. The molecule has 152 valence electrons. The number of hydrogen-bond acceptors (Lipinski definition) is 5. The zero-order valence-corrected chi connectivity index (χ0v) is 16.4. The van der Waals surface area contributed by atoms with E-state index in [1.807, 2.05) is 13.8 Å². The molecular formula is C22H24N2O5. The van der Waals surface area contributed by atoms with Crippen molar-refractivity contribution in [3.05, 3.63) is 54.1 Å². The zero-order chi connectivity index (χ0) is 20.8. The first-order chi connectivity index (χ1) is 14.0. The number of rotatable bonds is 8. The van der Waals surface area contributed by atoms with Crippen LogP contribution in [0.15, 0.2) is 48.5 Å². The van der Waals surface area contributed by atoms with Gasteiger partial charge in [-0.15, -0.1) is 0 Å². The largest absolute Gasteiger partial charge is 0.494 e. The van der Waals surface area contributed by atoms with Gasteiger partial charge in [0.25, 0.3) is 11.8 Å². The molecule has 7 heteroatoms. The maximum absolute atomic E-state index is 12.3. The summed E-state index contributed by atoms with van der Waals surface area (Å²) in [6.45, 7) is 4.14. The third-order valence-electron chi connectivity index (χ3n) is 4.61. The van der Waals surface area contributed by atoms with Crippen molar-refractivity contribution in [2.75, 3.05) is 23.8 Å². The van der Waals surface area contributed by atoms with E-state index in [4.69, 9.17) is 9.47 Å². The first-order valence-corrected chi connectivity index (χ1v) is 9.57. The monoisotopic (exact) mass is 396 g/mol. The Balaban J connectivity index is 1.47. The average Bonchev–Trinajstić information content (AvgIpc) is 3.45. The van der Waals surface area contributed by atoms with E-state index >= 15 is 0 Å². The number of carbonyl (C=O) groups excluding carboxylic acids is 3. The molecule has 1 fully saturated rings. The summed E-state index contributed by atoms with van der Waals surface area (Å²) in [7, 11) is 0. The maximum atomic E-state index is 12.3. The molecule has 7 nitrogen and oxygen atoms in total. The first kappa shape index (κ1) is 20.4. The van der Waals surface area contributed by atoms with Crippen LogP contribution in [-0.2, 0) is 14.3 Å². The highest BCUT2D eigenvalue weighted by Gasteiger charge is 2.40. The van der Waals surface area contributed by atoms with Crippen LogP contribution in [0.2, 0.25) is 0 Å². The van der Waals surface area contributed by atoms with Crippen molar-refractivity contribution < 1.29 is 23.9 Å². The van der Waals surface area contributed by atoms with Crippen LogP contribution in [0.25, 0.3) is 0 Å². The highest BCUT2D eigenvalue weighted by atomic mass is 16.5. The molecule has 1 aliphatic carbocycles. The molecule has 1 saturated carbocycles. The number of anilines is 2. The van der Waals surface area contributed by atoms with Crippen molar-refractivity contribution in [3.8, 4) is 5.75 Å². The van der Waals surface area contributed by atoms with Gasteiger partial charge in [-0.05, 0) is 67.8 Å². The molecule has 2 atom stereocenters. The molecule has 2 aromatic rings. The van der Waals surface area contributed by atoms with E-state index in [0.29, 0.717) is 29.5 Å². The van der Waals surface area contributed by atoms with Gasteiger partial charge in [-0.25, -0.2) is 0 Å². The fourth-order valence-electron chi connectivity index (χ4n) is 2.80. The Bertz CT molecular complexity index is 877. The summed E-state index contributed by atoms with van der Waals surface area (Å²) in [5.74, 6) is -0.00234. The normalized spacial score (nSPS) is 17.2. The summed E-state index contributed by atoms with van der Waals surface area (Å²) in [6, 6.07) is 13.6. The fraction of sp³-hybridized carbons (Fsp3) is 0.318. The molecule has 0 bridgehead atoms. The van der Waals surface area contributed by atoms with Crippen LogP contribution < -0.4 is 15.4 Å². The lowest BCUT2D eigenvalue weighted by molar-refractivity contribution is -0.148. The van der Waals surface area contributed by atoms with Gasteiger partial charge in [0, 0.05) is 16.9 Å². The molecule has 1 aliphatic rings. The summed E-state index contributed by atoms with van der Waals surface area (Å²) in [4.78, 5) is 35.9. The molecule has 0 aromatic heterocycles. The van der Waals surface area contributed by atoms with E-state index < -0.39 is 5.91 Å². The minimum Gasteiger partial charge on any atom is -0.494 e. The Labute approximate surface area is 169 Å². The zero-order valence-electron chi connectivity index (χ0n) is 16.4. The summed E-state index contributed by atoms with van der Waals surface area (Å²) in [5.41, 5.74) is 1.62. The predicted molar refractivity (Wildman–Crippen MR) is 109 cm³/mol. The van der Waals surface area contributed by atoms with Gasteiger partial charge < -0.3 is 20.1 Å². The SMILES string of the molecule is CCOc1ccc(NC(=O)c2ccc(NC(=O)COC(=O)[C@@H]3C[C@H]3C)cc2)cc1. The molecule has 0 aliphatic heterocycles. The van der Waals surface area contributed by atoms with Gasteiger partial charge in [0.2, 0.25) is 0 Å². The van der Waals surface area contributed by atoms with Gasteiger partial charge in [-0.3, -0.25) is 14.4 Å². The summed E-state index contributed by atoms with van der Waals surface area (Å²) < 4.78 is 10.4. The van der Waals surface area contributed by atoms with E-state index in [-0.39, 0.29) is 24.4 Å². The second-order valence-corrected chi connectivity index (χ2v) is 6.96. The second kappa shape index (κ2) is 9.23. The molecule has 0 unspecified atom stereocenters. The van der Waals surface area contributed by atoms with Crippen molar-refractivity contribution in [1.29, 1.82) is 0 Å².